The Labute approximate surface area is 156 Å². The highest BCUT2D eigenvalue weighted by molar-refractivity contribution is 5.95. The van der Waals surface area contributed by atoms with Crippen molar-refractivity contribution < 1.29 is 19.2 Å². The minimum atomic E-state index is -0.768. The molecule has 142 valence electrons. The number of carbonyl (C=O) groups excluding carboxylic acids is 2. The molecule has 0 atom stereocenters. The van der Waals surface area contributed by atoms with Crippen LogP contribution < -0.4 is 10.6 Å². The summed E-state index contributed by atoms with van der Waals surface area (Å²) < 4.78 is 4.60. The summed E-state index contributed by atoms with van der Waals surface area (Å²) in [6.45, 7) is 4.08. The molecule has 2 aromatic rings. The van der Waals surface area contributed by atoms with E-state index in [4.69, 9.17) is 0 Å². The Morgan fingerprint density at radius 1 is 1.11 bits per heavy atom. The van der Waals surface area contributed by atoms with E-state index in [0.717, 1.165) is 5.56 Å². The van der Waals surface area contributed by atoms with E-state index >= 15 is 0 Å². The summed E-state index contributed by atoms with van der Waals surface area (Å²) >= 11 is 0. The first-order valence-corrected chi connectivity index (χ1v) is 8.32. The first kappa shape index (κ1) is 19.9. The lowest BCUT2D eigenvalue weighted by atomic mass is 10.1. The third-order valence-corrected chi connectivity index (χ3v) is 3.84. The minimum Gasteiger partial charge on any atom is -0.465 e. The molecule has 0 unspecified atom stereocenters. The molecular formula is C19H21N3O5. The van der Waals surface area contributed by atoms with Crippen LogP contribution in [0.4, 0.5) is 17.1 Å². The summed E-state index contributed by atoms with van der Waals surface area (Å²) in [4.78, 5) is 33.8. The van der Waals surface area contributed by atoms with Gasteiger partial charge in [0.15, 0.2) is 0 Å². The monoisotopic (exact) mass is 371 g/mol. The molecule has 0 aliphatic carbocycles. The maximum atomic E-state index is 11.7. The molecule has 0 aliphatic rings. The van der Waals surface area contributed by atoms with Crippen LogP contribution in [-0.2, 0) is 16.1 Å². The fourth-order valence-corrected chi connectivity index (χ4v) is 2.28. The van der Waals surface area contributed by atoms with Crippen molar-refractivity contribution in [3.63, 3.8) is 0 Å². The first-order valence-electron chi connectivity index (χ1n) is 8.32. The number of rotatable bonds is 7. The lowest BCUT2D eigenvalue weighted by Crippen LogP contribution is -2.17. The molecule has 8 heteroatoms. The number of ether oxygens (including phenoxy) is 1. The molecule has 0 spiro atoms. The van der Waals surface area contributed by atoms with Gasteiger partial charge in [-0.1, -0.05) is 26.0 Å². The average molecular weight is 371 g/mol. The Bertz CT molecular complexity index is 847. The molecule has 2 N–H and O–H groups in total. The molecule has 0 aliphatic heterocycles. The molecule has 0 aromatic heterocycles. The minimum absolute atomic E-state index is 0.0536. The van der Waals surface area contributed by atoms with Gasteiger partial charge >= 0.3 is 5.97 Å². The van der Waals surface area contributed by atoms with Crippen LogP contribution >= 0.6 is 0 Å². The van der Waals surface area contributed by atoms with E-state index in [1.54, 1.807) is 12.1 Å². The number of nitro groups is 1. The number of hydrogen-bond acceptors (Lipinski definition) is 6. The molecule has 27 heavy (non-hydrogen) atoms. The van der Waals surface area contributed by atoms with Crippen LogP contribution in [0.2, 0.25) is 0 Å². The van der Waals surface area contributed by atoms with Gasteiger partial charge in [0.05, 0.1) is 12.0 Å². The maximum Gasteiger partial charge on any atom is 0.344 e. The number of hydrogen-bond donors (Lipinski definition) is 2. The number of benzene rings is 2. The van der Waals surface area contributed by atoms with Gasteiger partial charge in [-0.2, -0.15) is 0 Å². The Balaban J connectivity index is 2.07. The Morgan fingerprint density at radius 2 is 1.74 bits per heavy atom. The van der Waals surface area contributed by atoms with Gasteiger partial charge < -0.3 is 15.4 Å². The molecule has 0 radical (unpaired) electrons. The third kappa shape index (κ3) is 5.27. The summed E-state index contributed by atoms with van der Waals surface area (Å²) in [7, 11) is 1.17. The van der Waals surface area contributed by atoms with E-state index < -0.39 is 10.9 Å². The van der Waals surface area contributed by atoms with Gasteiger partial charge in [0.2, 0.25) is 5.91 Å². The van der Waals surface area contributed by atoms with Crippen LogP contribution in [0, 0.1) is 16.0 Å². The highest BCUT2D eigenvalue weighted by Gasteiger charge is 2.21. The number of carbonyl (C=O) groups is 2. The van der Waals surface area contributed by atoms with Gasteiger partial charge in [-0.15, -0.1) is 0 Å². The molecule has 2 rings (SSSR count). The number of amides is 1. The van der Waals surface area contributed by atoms with E-state index in [9.17, 15) is 19.7 Å². The zero-order valence-electron chi connectivity index (χ0n) is 15.3. The second-order valence-electron chi connectivity index (χ2n) is 6.18. The predicted molar refractivity (Wildman–Crippen MR) is 102 cm³/mol. The van der Waals surface area contributed by atoms with Gasteiger partial charge in [-0.3, -0.25) is 14.9 Å². The smallest absolute Gasteiger partial charge is 0.344 e. The molecule has 0 heterocycles. The standard InChI is InChI=1S/C19H21N3O5/c1-12(2)18(23)21-14-6-4-13(5-7-14)11-20-15-8-9-17(22(25)26)16(10-15)19(24)27-3/h4-10,12,20H,11H2,1-3H3,(H,21,23). The van der Waals surface area contributed by atoms with Crippen molar-refractivity contribution in [2.45, 2.75) is 20.4 Å². The summed E-state index contributed by atoms with van der Waals surface area (Å²) in [5, 5.41) is 16.9. The first-order chi connectivity index (χ1) is 12.8. The molecule has 1 amide bonds. The largest absolute Gasteiger partial charge is 0.465 e. The average Bonchev–Trinajstić information content (AvgIpc) is 2.66. The lowest BCUT2D eigenvalue weighted by molar-refractivity contribution is -0.385. The van der Waals surface area contributed by atoms with E-state index in [-0.39, 0.29) is 23.1 Å². The van der Waals surface area contributed by atoms with Crippen LogP contribution in [-0.4, -0.2) is 23.9 Å². The summed E-state index contributed by atoms with van der Waals surface area (Å²) in [5.74, 6) is -0.921. The molecule has 2 aromatic carbocycles. The number of nitro benzene ring substituents is 1. The number of esters is 1. The zero-order chi connectivity index (χ0) is 20.0. The lowest BCUT2D eigenvalue weighted by Gasteiger charge is -2.10. The molecule has 0 fully saturated rings. The zero-order valence-corrected chi connectivity index (χ0v) is 15.3. The predicted octanol–water partition coefficient (Wildman–Crippen LogP) is 3.59. The second kappa shape index (κ2) is 8.79. The molecule has 0 saturated heterocycles. The molecule has 0 bridgehead atoms. The van der Waals surface area contributed by atoms with Crippen molar-refractivity contribution in [2.24, 2.45) is 5.92 Å². The fraction of sp³-hybridized carbons (Fsp3) is 0.263. The topological polar surface area (TPSA) is 111 Å². The highest BCUT2D eigenvalue weighted by atomic mass is 16.6. The van der Waals surface area contributed by atoms with E-state index in [1.807, 2.05) is 26.0 Å². The Hall–Kier alpha value is -3.42. The van der Waals surface area contributed by atoms with Gasteiger partial charge in [-0.05, 0) is 29.8 Å². The van der Waals surface area contributed by atoms with Crippen LogP contribution in [0.25, 0.3) is 0 Å². The summed E-state index contributed by atoms with van der Waals surface area (Å²) in [6.07, 6.45) is 0. The van der Waals surface area contributed by atoms with Crippen molar-refractivity contribution in [3.8, 4) is 0 Å². The maximum absolute atomic E-state index is 11.7. The van der Waals surface area contributed by atoms with Crippen molar-refractivity contribution in [1.29, 1.82) is 0 Å². The van der Waals surface area contributed by atoms with Gasteiger partial charge in [0.25, 0.3) is 5.69 Å². The van der Waals surface area contributed by atoms with Crippen LogP contribution in [0.15, 0.2) is 42.5 Å². The Kier molecular flexibility index (Phi) is 6.48. The number of nitrogens with zero attached hydrogens (tertiary/aromatic N) is 1. The van der Waals surface area contributed by atoms with Crippen molar-refractivity contribution in [3.05, 3.63) is 63.7 Å². The number of anilines is 2. The van der Waals surface area contributed by atoms with Crippen LogP contribution in [0.1, 0.15) is 29.8 Å². The SMILES string of the molecule is COC(=O)c1cc(NCc2ccc(NC(=O)C(C)C)cc2)ccc1[N+](=O)[O-]. The van der Waals surface area contributed by atoms with Crippen molar-refractivity contribution in [2.75, 3.05) is 17.7 Å². The van der Waals surface area contributed by atoms with E-state index in [1.165, 1.54) is 25.3 Å². The van der Waals surface area contributed by atoms with E-state index in [2.05, 4.69) is 15.4 Å². The van der Waals surface area contributed by atoms with E-state index in [0.29, 0.717) is 17.9 Å². The molecule has 8 nitrogen and oxygen atoms in total. The molecular weight excluding hydrogens is 350 g/mol. The third-order valence-electron chi connectivity index (χ3n) is 3.84. The highest BCUT2D eigenvalue weighted by Crippen LogP contribution is 2.24. The van der Waals surface area contributed by atoms with Gasteiger partial charge in [0, 0.05) is 29.9 Å². The number of nitrogens with one attached hydrogen (secondary N) is 2. The van der Waals surface area contributed by atoms with Crippen LogP contribution in [0.3, 0.4) is 0 Å². The van der Waals surface area contributed by atoms with Gasteiger partial charge in [-0.25, -0.2) is 4.79 Å². The van der Waals surface area contributed by atoms with Crippen molar-refractivity contribution in [1.82, 2.24) is 0 Å². The summed E-state index contributed by atoms with van der Waals surface area (Å²) in [6, 6.07) is 11.5. The second-order valence-corrected chi connectivity index (χ2v) is 6.18. The Morgan fingerprint density at radius 3 is 2.30 bits per heavy atom. The number of methoxy groups -OCH3 is 1. The van der Waals surface area contributed by atoms with Crippen LogP contribution in [0.5, 0.6) is 0 Å². The normalized spacial score (nSPS) is 10.4. The van der Waals surface area contributed by atoms with Crippen molar-refractivity contribution >= 4 is 28.9 Å². The fourth-order valence-electron chi connectivity index (χ4n) is 2.28. The summed E-state index contributed by atoms with van der Waals surface area (Å²) in [5.41, 5.74) is 1.78. The quantitative estimate of drug-likeness (QED) is 0.437. The molecule has 0 saturated carbocycles. The van der Waals surface area contributed by atoms with Gasteiger partial charge in [0.1, 0.15) is 5.56 Å².